The number of aryl methyl sites for hydroxylation is 1. The van der Waals surface area contributed by atoms with Crippen molar-refractivity contribution >= 4 is 5.82 Å². The van der Waals surface area contributed by atoms with E-state index in [1.165, 1.54) is 0 Å². The zero-order valence-corrected chi connectivity index (χ0v) is 11.0. The molecule has 2 aromatic rings. The number of piperidine rings is 1. The zero-order valence-electron chi connectivity index (χ0n) is 11.0. The summed E-state index contributed by atoms with van der Waals surface area (Å²) in [6.45, 7) is 4.08. The van der Waals surface area contributed by atoms with Crippen molar-refractivity contribution in [1.82, 2.24) is 25.5 Å². The van der Waals surface area contributed by atoms with Gasteiger partial charge in [0.1, 0.15) is 11.5 Å². The molecule has 3 heterocycles. The molecule has 19 heavy (non-hydrogen) atoms. The number of nitrogens with zero attached hydrogens (tertiary/aromatic N) is 3. The Hall–Kier alpha value is -1.95. The highest BCUT2D eigenvalue weighted by atomic mass is 15.2. The van der Waals surface area contributed by atoms with Gasteiger partial charge in [0.25, 0.3) is 0 Å². The highest BCUT2D eigenvalue weighted by molar-refractivity contribution is 5.60. The predicted molar refractivity (Wildman–Crippen MR) is 73.9 cm³/mol. The molecular weight excluding hydrogens is 240 g/mol. The summed E-state index contributed by atoms with van der Waals surface area (Å²) < 4.78 is 0. The minimum Gasteiger partial charge on any atom is -0.366 e. The summed E-state index contributed by atoms with van der Waals surface area (Å²) >= 11 is 0. The molecule has 0 bridgehead atoms. The summed E-state index contributed by atoms with van der Waals surface area (Å²) in [5.74, 6) is 0.881. The van der Waals surface area contributed by atoms with Gasteiger partial charge in [0.2, 0.25) is 0 Å². The number of H-pyrrole nitrogens is 1. The van der Waals surface area contributed by atoms with E-state index in [-0.39, 0.29) is 0 Å². The number of aromatic amines is 1. The number of rotatable bonds is 3. The van der Waals surface area contributed by atoms with Crippen LogP contribution < -0.4 is 10.6 Å². The van der Waals surface area contributed by atoms with Gasteiger partial charge in [-0.15, -0.1) is 0 Å². The van der Waals surface area contributed by atoms with Gasteiger partial charge in [0, 0.05) is 24.5 Å². The van der Waals surface area contributed by atoms with Crippen molar-refractivity contribution in [2.75, 3.05) is 18.4 Å². The SMILES string of the molecule is Cc1nccnc1-c1cc(NC2CCNCC2)n[nH]1. The van der Waals surface area contributed by atoms with E-state index in [0.717, 1.165) is 48.8 Å². The predicted octanol–water partition coefficient (Wildman–Crippen LogP) is 1.34. The Kier molecular flexibility index (Phi) is 3.41. The quantitative estimate of drug-likeness (QED) is 0.774. The zero-order chi connectivity index (χ0) is 13.1. The van der Waals surface area contributed by atoms with Crippen molar-refractivity contribution < 1.29 is 0 Å². The van der Waals surface area contributed by atoms with Crippen LogP contribution in [-0.4, -0.2) is 39.3 Å². The molecule has 0 aliphatic carbocycles. The van der Waals surface area contributed by atoms with E-state index in [1.807, 2.05) is 13.0 Å². The van der Waals surface area contributed by atoms with Crippen LogP contribution in [0.15, 0.2) is 18.5 Å². The maximum atomic E-state index is 4.34. The summed E-state index contributed by atoms with van der Waals surface area (Å²) in [5.41, 5.74) is 2.66. The van der Waals surface area contributed by atoms with E-state index in [2.05, 4.69) is 30.8 Å². The van der Waals surface area contributed by atoms with E-state index < -0.39 is 0 Å². The van der Waals surface area contributed by atoms with E-state index >= 15 is 0 Å². The van der Waals surface area contributed by atoms with Crippen LogP contribution in [-0.2, 0) is 0 Å². The number of hydrogen-bond acceptors (Lipinski definition) is 5. The van der Waals surface area contributed by atoms with Crippen LogP contribution in [0.2, 0.25) is 0 Å². The maximum absolute atomic E-state index is 4.34. The first-order chi connectivity index (χ1) is 9.33. The van der Waals surface area contributed by atoms with Crippen LogP contribution in [0.5, 0.6) is 0 Å². The van der Waals surface area contributed by atoms with Crippen LogP contribution in [0, 0.1) is 6.92 Å². The van der Waals surface area contributed by atoms with Crippen LogP contribution in [0.3, 0.4) is 0 Å². The lowest BCUT2D eigenvalue weighted by atomic mass is 10.1. The maximum Gasteiger partial charge on any atom is 0.148 e. The fourth-order valence-electron chi connectivity index (χ4n) is 2.36. The van der Waals surface area contributed by atoms with Gasteiger partial charge in [-0.05, 0) is 32.9 Å². The van der Waals surface area contributed by atoms with Gasteiger partial charge in [-0.2, -0.15) is 5.10 Å². The number of nitrogens with one attached hydrogen (secondary N) is 3. The third-order valence-corrected chi connectivity index (χ3v) is 3.41. The van der Waals surface area contributed by atoms with Gasteiger partial charge in [0.15, 0.2) is 0 Å². The molecule has 0 spiro atoms. The number of hydrogen-bond donors (Lipinski definition) is 3. The summed E-state index contributed by atoms with van der Waals surface area (Å²) in [7, 11) is 0. The third kappa shape index (κ3) is 2.73. The summed E-state index contributed by atoms with van der Waals surface area (Å²) in [5, 5.41) is 14.1. The van der Waals surface area contributed by atoms with Crippen molar-refractivity contribution in [1.29, 1.82) is 0 Å². The fourth-order valence-corrected chi connectivity index (χ4v) is 2.36. The molecule has 3 N–H and O–H groups in total. The van der Waals surface area contributed by atoms with Crippen LogP contribution in [0.25, 0.3) is 11.4 Å². The Labute approximate surface area is 112 Å². The highest BCUT2D eigenvalue weighted by Gasteiger charge is 2.14. The van der Waals surface area contributed by atoms with Gasteiger partial charge < -0.3 is 10.6 Å². The van der Waals surface area contributed by atoms with E-state index in [4.69, 9.17) is 0 Å². The van der Waals surface area contributed by atoms with Gasteiger partial charge in [-0.25, -0.2) is 0 Å². The third-order valence-electron chi connectivity index (χ3n) is 3.41. The molecule has 1 fully saturated rings. The monoisotopic (exact) mass is 258 g/mol. The summed E-state index contributed by atoms with van der Waals surface area (Å²) in [6, 6.07) is 2.50. The Morgan fingerprint density at radius 2 is 2.00 bits per heavy atom. The second-order valence-corrected chi connectivity index (χ2v) is 4.83. The van der Waals surface area contributed by atoms with Gasteiger partial charge in [-0.3, -0.25) is 15.1 Å². The first-order valence-corrected chi connectivity index (χ1v) is 6.63. The van der Waals surface area contributed by atoms with Crippen LogP contribution >= 0.6 is 0 Å². The second-order valence-electron chi connectivity index (χ2n) is 4.83. The molecule has 2 aromatic heterocycles. The van der Waals surface area contributed by atoms with Crippen LogP contribution in [0.4, 0.5) is 5.82 Å². The van der Waals surface area contributed by atoms with E-state index in [0.29, 0.717) is 6.04 Å². The molecule has 6 heteroatoms. The Morgan fingerprint density at radius 3 is 2.79 bits per heavy atom. The molecular formula is C13H18N6. The molecule has 0 unspecified atom stereocenters. The second kappa shape index (κ2) is 5.36. The standard InChI is InChI=1S/C13H18N6/c1-9-13(16-7-6-15-9)11-8-12(19-18-11)17-10-2-4-14-5-3-10/h6-8,10,14H,2-5H2,1H3,(H2,17,18,19). The minimum absolute atomic E-state index is 0.500. The van der Waals surface area contributed by atoms with Crippen LogP contribution in [0.1, 0.15) is 18.5 Å². The highest BCUT2D eigenvalue weighted by Crippen LogP contribution is 2.20. The lowest BCUT2D eigenvalue weighted by Gasteiger charge is -2.23. The van der Waals surface area contributed by atoms with Crippen molar-refractivity contribution in [2.24, 2.45) is 0 Å². The molecule has 0 saturated carbocycles. The fraction of sp³-hybridized carbons (Fsp3) is 0.462. The molecule has 0 radical (unpaired) electrons. The molecule has 0 amide bonds. The molecule has 1 saturated heterocycles. The lowest BCUT2D eigenvalue weighted by molar-refractivity contribution is 0.478. The molecule has 6 nitrogen and oxygen atoms in total. The Balaban J connectivity index is 1.74. The minimum atomic E-state index is 0.500. The first kappa shape index (κ1) is 12.1. The molecule has 1 aliphatic heterocycles. The molecule has 0 aromatic carbocycles. The normalized spacial score (nSPS) is 16.5. The van der Waals surface area contributed by atoms with E-state index in [9.17, 15) is 0 Å². The average molecular weight is 258 g/mol. The first-order valence-electron chi connectivity index (χ1n) is 6.63. The summed E-state index contributed by atoms with van der Waals surface area (Å²) in [6.07, 6.45) is 5.66. The largest absolute Gasteiger partial charge is 0.366 e. The molecule has 0 atom stereocenters. The van der Waals surface area contributed by atoms with Crippen molar-refractivity contribution in [3.05, 3.63) is 24.2 Å². The average Bonchev–Trinajstić information content (AvgIpc) is 2.89. The molecule has 3 rings (SSSR count). The number of anilines is 1. The van der Waals surface area contributed by atoms with Crippen molar-refractivity contribution in [3.63, 3.8) is 0 Å². The molecule has 100 valence electrons. The smallest absolute Gasteiger partial charge is 0.148 e. The lowest BCUT2D eigenvalue weighted by Crippen LogP contribution is -2.35. The van der Waals surface area contributed by atoms with Crippen molar-refractivity contribution in [2.45, 2.75) is 25.8 Å². The van der Waals surface area contributed by atoms with Gasteiger partial charge in [0.05, 0.1) is 11.4 Å². The van der Waals surface area contributed by atoms with E-state index in [1.54, 1.807) is 12.4 Å². The topological polar surface area (TPSA) is 78.5 Å². The van der Waals surface area contributed by atoms with Crippen molar-refractivity contribution in [3.8, 4) is 11.4 Å². The Morgan fingerprint density at radius 1 is 1.21 bits per heavy atom. The van der Waals surface area contributed by atoms with Gasteiger partial charge in [-0.1, -0.05) is 0 Å². The Bertz CT molecular complexity index is 544. The number of aromatic nitrogens is 4. The molecule has 1 aliphatic rings. The summed E-state index contributed by atoms with van der Waals surface area (Å²) in [4.78, 5) is 8.58. The van der Waals surface area contributed by atoms with Gasteiger partial charge >= 0.3 is 0 Å².